The summed E-state index contributed by atoms with van der Waals surface area (Å²) in [5, 5.41) is 6.79. The minimum atomic E-state index is 0.00775. The number of aromatic amines is 2. The van der Waals surface area contributed by atoms with E-state index in [0.717, 1.165) is 0 Å². The second kappa shape index (κ2) is 4.18. The minimum Gasteiger partial charge on any atom is -0.368 e. The third-order valence-corrected chi connectivity index (χ3v) is 2.56. The van der Waals surface area contributed by atoms with Crippen molar-refractivity contribution in [3.05, 3.63) is 24.0 Å². The number of hydrogen-bond donors (Lipinski definition) is 3. The van der Waals surface area contributed by atoms with E-state index in [1.54, 1.807) is 18.3 Å². The van der Waals surface area contributed by atoms with Gasteiger partial charge in [-0.05, 0) is 12.1 Å². The molecule has 6 nitrogen and oxygen atoms in total. The first-order valence-corrected chi connectivity index (χ1v) is 5.21. The standard InChI is InChI=1S/C8H9N5OS/c9-7-11-8(13-12-7)15-4-6(14)5-2-1-3-10-5/h1-3,10H,4H2,(H3,9,11,12,13). The molecule has 0 aliphatic rings. The van der Waals surface area contributed by atoms with Crippen LogP contribution in [-0.2, 0) is 0 Å². The van der Waals surface area contributed by atoms with E-state index in [4.69, 9.17) is 5.73 Å². The van der Waals surface area contributed by atoms with Crippen molar-refractivity contribution in [3.63, 3.8) is 0 Å². The third-order valence-electron chi connectivity index (χ3n) is 1.71. The summed E-state index contributed by atoms with van der Waals surface area (Å²) in [5.74, 6) is 0.552. The number of ketones is 1. The zero-order chi connectivity index (χ0) is 10.7. The van der Waals surface area contributed by atoms with E-state index in [1.165, 1.54) is 11.8 Å². The Balaban J connectivity index is 1.91. The summed E-state index contributed by atoms with van der Waals surface area (Å²) in [5.41, 5.74) is 5.93. The zero-order valence-corrected chi connectivity index (χ0v) is 8.54. The average Bonchev–Trinajstić information content (AvgIpc) is 2.84. The van der Waals surface area contributed by atoms with Crippen LogP contribution >= 0.6 is 11.8 Å². The molecule has 7 heteroatoms. The highest BCUT2D eigenvalue weighted by molar-refractivity contribution is 7.99. The molecule has 15 heavy (non-hydrogen) atoms. The van der Waals surface area contributed by atoms with E-state index in [-0.39, 0.29) is 17.5 Å². The number of carbonyl (C=O) groups is 1. The molecule has 4 N–H and O–H groups in total. The van der Waals surface area contributed by atoms with E-state index in [0.29, 0.717) is 10.9 Å². The highest BCUT2D eigenvalue weighted by atomic mass is 32.2. The van der Waals surface area contributed by atoms with Crippen molar-refractivity contribution in [2.45, 2.75) is 5.16 Å². The lowest BCUT2D eigenvalue weighted by atomic mass is 10.3. The number of rotatable bonds is 4. The smallest absolute Gasteiger partial charge is 0.216 e. The number of Topliss-reactive ketones (excluding diaryl/α,β-unsaturated/α-hetero) is 1. The van der Waals surface area contributed by atoms with Crippen molar-refractivity contribution in [3.8, 4) is 0 Å². The SMILES string of the molecule is Nc1nc(SCC(=O)c2ccc[nH]2)n[nH]1. The molecule has 2 aromatic rings. The summed E-state index contributed by atoms with van der Waals surface area (Å²) < 4.78 is 0. The predicted molar refractivity (Wildman–Crippen MR) is 56.6 cm³/mol. The van der Waals surface area contributed by atoms with E-state index >= 15 is 0 Å². The van der Waals surface area contributed by atoms with E-state index in [9.17, 15) is 4.79 Å². The molecule has 0 fully saturated rings. The van der Waals surface area contributed by atoms with Gasteiger partial charge in [-0.25, -0.2) is 5.10 Å². The van der Waals surface area contributed by atoms with Gasteiger partial charge in [0.05, 0.1) is 11.4 Å². The Kier molecular flexibility index (Phi) is 2.72. The maximum Gasteiger partial charge on any atom is 0.216 e. The molecule has 0 atom stereocenters. The second-order valence-electron chi connectivity index (χ2n) is 2.80. The molecule has 2 heterocycles. The number of H-pyrrole nitrogens is 2. The summed E-state index contributed by atoms with van der Waals surface area (Å²) in [6.07, 6.45) is 1.71. The van der Waals surface area contributed by atoms with E-state index < -0.39 is 0 Å². The molecule has 0 unspecified atom stereocenters. The van der Waals surface area contributed by atoms with Crippen molar-refractivity contribution in [1.82, 2.24) is 20.2 Å². The van der Waals surface area contributed by atoms with Gasteiger partial charge in [0.25, 0.3) is 0 Å². The monoisotopic (exact) mass is 223 g/mol. The maximum absolute atomic E-state index is 11.5. The molecule has 0 bridgehead atoms. The molecule has 0 spiro atoms. The largest absolute Gasteiger partial charge is 0.368 e. The van der Waals surface area contributed by atoms with Gasteiger partial charge < -0.3 is 10.7 Å². The van der Waals surface area contributed by atoms with Crippen LogP contribution < -0.4 is 5.73 Å². The predicted octanol–water partition coefficient (Wildman–Crippen LogP) is 0.690. The first kappa shape index (κ1) is 9.78. The summed E-state index contributed by atoms with van der Waals surface area (Å²) in [4.78, 5) is 18.3. The zero-order valence-electron chi connectivity index (χ0n) is 7.73. The molecule has 2 rings (SSSR count). The minimum absolute atomic E-state index is 0.00775. The Morgan fingerprint density at radius 2 is 2.47 bits per heavy atom. The Hall–Kier alpha value is -1.76. The lowest BCUT2D eigenvalue weighted by Crippen LogP contribution is -2.02. The number of hydrogen-bond acceptors (Lipinski definition) is 5. The quantitative estimate of drug-likeness (QED) is 0.523. The first-order valence-electron chi connectivity index (χ1n) is 4.23. The van der Waals surface area contributed by atoms with Gasteiger partial charge in [0.2, 0.25) is 11.1 Å². The van der Waals surface area contributed by atoms with Crippen LogP contribution in [0.4, 0.5) is 5.95 Å². The maximum atomic E-state index is 11.5. The lowest BCUT2D eigenvalue weighted by Gasteiger charge is -1.94. The van der Waals surface area contributed by atoms with Crippen LogP contribution in [0, 0.1) is 0 Å². The molecular formula is C8H9N5OS. The molecule has 2 aromatic heterocycles. The van der Waals surface area contributed by atoms with Crippen molar-refractivity contribution in [2.24, 2.45) is 0 Å². The summed E-state index contributed by atoms with van der Waals surface area (Å²) in [6.45, 7) is 0. The molecule has 0 radical (unpaired) electrons. The number of aromatic nitrogens is 4. The highest BCUT2D eigenvalue weighted by Gasteiger charge is 2.09. The summed E-state index contributed by atoms with van der Waals surface area (Å²) in [6, 6.07) is 3.51. The fraction of sp³-hybridized carbons (Fsp3) is 0.125. The van der Waals surface area contributed by atoms with Gasteiger partial charge in [-0.15, -0.1) is 5.10 Å². The summed E-state index contributed by atoms with van der Waals surface area (Å²) in [7, 11) is 0. The normalized spacial score (nSPS) is 10.4. The van der Waals surface area contributed by atoms with Crippen LogP contribution in [0.25, 0.3) is 0 Å². The third kappa shape index (κ3) is 2.38. The van der Waals surface area contributed by atoms with Crippen molar-refractivity contribution >= 4 is 23.5 Å². The Labute approximate surface area is 89.7 Å². The average molecular weight is 223 g/mol. The van der Waals surface area contributed by atoms with Crippen molar-refractivity contribution in [2.75, 3.05) is 11.5 Å². The van der Waals surface area contributed by atoms with E-state index in [2.05, 4.69) is 20.2 Å². The second-order valence-corrected chi connectivity index (χ2v) is 3.74. The van der Waals surface area contributed by atoms with Crippen molar-refractivity contribution < 1.29 is 4.79 Å². The van der Waals surface area contributed by atoms with Crippen LogP contribution in [0.2, 0.25) is 0 Å². The molecule has 0 amide bonds. The van der Waals surface area contributed by atoms with E-state index in [1.807, 2.05) is 0 Å². The van der Waals surface area contributed by atoms with Gasteiger partial charge in [-0.2, -0.15) is 4.98 Å². The van der Waals surface area contributed by atoms with Gasteiger partial charge in [-0.1, -0.05) is 11.8 Å². The topological polar surface area (TPSA) is 100 Å². The van der Waals surface area contributed by atoms with Crippen LogP contribution in [0.15, 0.2) is 23.5 Å². The fourth-order valence-electron chi connectivity index (χ4n) is 1.03. The molecule has 78 valence electrons. The van der Waals surface area contributed by atoms with Gasteiger partial charge in [-0.3, -0.25) is 4.79 Å². The number of thioether (sulfide) groups is 1. The Bertz CT molecular complexity index is 449. The van der Waals surface area contributed by atoms with Crippen LogP contribution in [0.3, 0.4) is 0 Å². The van der Waals surface area contributed by atoms with Crippen LogP contribution in [-0.4, -0.2) is 31.7 Å². The first-order chi connectivity index (χ1) is 7.25. The van der Waals surface area contributed by atoms with Crippen LogP contribution in [0.1, 0.15) is 10.5 Å². The van der Waals surface area contributed by atoms with Gasteiger partial charge in [0, 0.05) is 6.20 Å². The van der Waals surface area contributed by atoms with Gasteiger partial charge in [0.1, 0.15) is 0 Å². The Morgan fingerprint density at radius 1 is 1.60 bits per heavy atom. The number of nitrogens with one attached hydrogen (secondary N) is 2. The van der Waals surface area contributed by atoms with Crippen LogP contribution in [0.5, 0.6) is 0 Å². The van der Waals surface area contributed by atoms with Crippen molar-refractivity contribution in [1.29, 1.82) is 0 Å². The molecule has 0 saturated carbocycles. The summed E-state index contributed by atoms with van der Waals surface area (Å²) >= 11 is 1.24. The highest BCUT2D eigenvalue weighted by Crippen LogP contribution is 2.14. The number of nitrogens with zero attached hydrogens (tertiary/aromatic N) is 2. The van der Waals surface area contributed by atoms with Gasteiger partial charge >= 0.3 is 0 Å². The number of nitrogens with two attached hydrogens (primary N) is 1. The Morgan fingerprint density at radius 3 is 3.07 bits per heavy atom. The molecule has 0 aliphatic carbocycles. The number of nitrogen functional groups attached to an aromatic ring is 1. The lowest BCUT2D eigenvalue weighted by molar-refractivity contribution is 0.101. The molecular weight excluding hydrogens is 214 g/mol. The number of anilines is 1. The number of carbonyl (C=O) groups excluding carboxylic acids is 1. The molecule has 0 aliphatic heterocycles. The fourth-order valence-corrected chi connectivity index (χ4v) is 1.72. The molecule has 0 saturated heterocycles. The van der Waals surface area contributed by atoms with Gasteiger partial charge in [0.15, 0.2) is 5.78 Å². The molecule has 0 aromatic carbocycles.